The van der Waals surface area contributed by atoms with Crippen LogP contribution in [0.3, 0.4) is 0 Å². The van der Waals surface area contributed by atoms with Gasteiger partial charge in [-0.05, 0) is 44.1 Å². The van der Waals surface area contributed by atoms with E-state index in [1.54, 1.807) is 0 Å². The summed E-state index contributed by atoms with van der Waals surface area (Å²) in [6.45, 7) is 7.40. The first-order valence-corrected chi connectivity index (χ1v) is 6.93. The second kappa shape index (κ2) is 4.60. The van der Waals surface area contributed by atoms with Crippen LogP contribution in [-0.2, 0) is 4.79 Å². The molecule has 1 saturated carbocycles. The molecular weight excluding hydrogens is 212 g/mol. The summed E-state index contributed by atoms with van der Waals surface area (Å²) >= 11 is 0. The number of hydrogen-bond acceptors (Lipinski definition) is 2. The van der Waals surface area contributed by atoms with Crippen molar-refractivity contribution in [3.8, 4) is 0 Å². The highest BCUT2D eigenvalue weighted by Gasteiger charge is 2.41. The van der Waals surface area contributed by atoms with E-state index in [1.165, 1.54) is 19.3 Å². The summed E-state index contributed by atoms with van der Waals surface area (Å²) in [6, 6.07) is 0.395. The van der Waals surface area contributed by atoms with Gasteiger partial charge in [0.05, 0.1) is 0 Å². The van der Waals surface area contributed by atoms with Gasteiger partial charge in [0.25, 0.3) is 0 Å². The van der Waals surface area contributed by atoms with Crippen LogP contribution in [-0.4, -0.2) is 24.0 Å². The summed E-state index contributed by atoms with van der Waals surface area (Å²) in [6.07, 6.45) is 6.76. The van der Waals surface area contributed by atoms with Crippen LogP contribution >= 0.6 is 0 Å². The molecule has 0 aromatic rings. The number of carbonyl (C=O) groups is 1. The van der Waals surface area contributed by atoms with Gasteiger partial charge in [0, 0.05) is 18.0 Å². The quantitative estimate of drug-likeness (QED) is 0.774. The lowest BCUT2D eigenvalue weighted by Gasteiger charge is -2.48. The highest BCUT2D eigenvalue weighted by Crippen LogP contribution is 2.38. The Morgan fingerprint density at radius 1 is 1.41 bits per heavy atom. The predicted molar refractivity (Wildman–Crippen MR) is 69.8 cm³/mol. The SMILES string of the molecule is CC(C)(C)CC(=O)NC1CCNC2(CCC2)C1. The van der Waals surface area contributed by atoms with Crippen molar-refractivity contribution in [1.29, 1.82) is 0 Å². The molecule has 0 aromatic heterocycles. The predicted octanol–water partition coefficient (Wildman–Crippen LogP) is 2.21. The molecule has 0 aromatic carbocycles. The fourth-order valence-electron chi connectivity index (χ4n) is 3.03. The van der Waals surface area contributed by atoms with E-state index in [9.17, 15) is 4.79 Å². The van der Waals surface area contributed by atoms with Gasteiger partial charge in [-0.2, -0.15) is 0 Å². The lowest BCUT2D eigenvalue weighted by molar-refractivity contribution is -0.124. The summed E-state index contributed by atoms with van der Waals surface area (Å²) in [5.74, 6) is 0.221. The largest absolute Gasteiger partial charge is 0.353 e. The Morgan fingerprint density at radius 3 is 2.65 bits per heavy atom. The van der Waals surface area contributed by atoms with Crippen molar-refractivity contribution in [1.82, 2.24) is 10.6 Å². The minimum atomic E-state index is 0.0884. The molecule has 98 valence electrons. The van der Waals surface area contributed by atoms with Gasteiger partial charge < -0.3 is 10.6 Å². The Morgan fingerprint density at radius 2 is 2.12 bits per heavy atom. The fraction of sp³-hybridized carbons (Fsp3) is 0.929. The topological polar surface area (TPSA) is 41.1 Å². The Bertz CT molecular complexity index is 289. The van der Waals surface area contributed by atoms with E-state index in [4.69, 9.17) is 0 Å². The van der Waals surface area contributed by atoms with Crippen LogP contribution in [0.1, 0.15) is 59.3 Å². The molecule has 0 radical (unpaired) electrons. The third kappa shape index (κ3) is 3.44. The number of hydrogen-bond donors (Lipinski definition) is 2. The van der Waals surface area contributed by atoms with Gasteiger partial charge in [-0.3, -0.25) is 4.79 Å². The monoisotopic (exact) mass is 238 g/mol. The molecule has 2 aliphatic rings. The molecule has 1 heterocycles. The molecule has 1 aliphatic carbocycles. The Kier molecular flexibility index (Phi) is 3.48. The molecule has 2 rings (SSSR count). The van der Waals surface area contributed by atoms with Crippen molar-refractivity contribution >= 4 is 5.91 Å². The minimum Gasteiger partial charge on any atom is -0.353 e. The van der Waals surface area contributed by atoms with E-state index >= 15 is 0 Å². The number of piperidine rings is 1. The van der Waals surface area contributed by atoms with Crippen molar-refractivity contribution in [2.75, 3.05) is 6.54 Å². The standard InChI is InChI=1S/C14H26N2O/c1-13(2,3)10-12(17)16-11-5-8-15-14(9-11)6-4-7-14/h11,15H,4-10H2,1-3H3,(H,16,17). The maximum atomic E-state index is 11.9. The average molecular weight is 238 g/mol. The maximum Gasteiger partial charge on any atom is 0.220 e. The van der Waals surface area contributed by atoms with E-state index in [-0.39, 0.29) is 11.3 Å². The van der Waals surface area contributed by atoms with Gasteiger partial charge in [-0.15, -0.1) is 0 Å². The number of carbonyl (C=O) groups excluding carboxylic acids is 1. The molecule has 17 heavy (non-hydrogen) atoms. The first kappa shape index (κ1) is 12.9. The lowest BCUT2D eigenvalue weighted by atomic mass is 9.70. The molecule has 3 heteroatoms. The first-order valence-electron chi connectivity index (χ1n) is 6.93. The molecule has 1 spiro atoms. The smallest absolute Gasteiger partial charge is 0.220 e. The number of nitrogens with one attached hydrogen (secondary N) is 2. The van der Waals surface area contributed by atoms with E-state index in [1.807, 2.05) is 0 Å². The Labute approximate surface area is 105 Å². The molecule has 3 nitrogen and oxygen atoms in total. The van der Waals surface area contributed by atoms with Crippen LogP contribution in [0.15, 0.2) is 0 Å². The van der Waals surface area contributed by atoms with Crippen LogP contribution in [0.2, 0.25) is 0 Å². The summed E-state index contributed by atoms with van der Waals surface area (Å²) in [5.41, 5.74) is 0.461. The van der Waals surface area contributed by atoms with E-state index < -0.39 is 0 Å². The zero-order valence-electron chi connectivity index (χ0n) is 11.4. The zero-order valence-corrected chi connectivity index (χ0v) is 11.4. The highest BCUT2D eigenvalue weighted by molar-refractivity contribution is 5.76. The molecule has 1 amide bonds. The maximum absolute atomic E-state index is 11.9. The molecule has 1 saturated heterocycles. The molecule has 1 unspecified atom stereocenters. The molecule has 1 atom stereocenters. The van der Waals surface area contributed by atoms with Gasteiger partial charge in [0.15, 0.2) is 0 Å². The van der Waals surface area contributed by atoms with E-state index in [0.717, 1.165) is 19.4 Å². The molecule has 2 N–H and O–H groups in total. The van der Waals surface area contributed by atoms with Crippen LogP contribution < -0.4 is 10.6 Å². The Hall–Kier alpha value is -0.570. The normalized spacial score (nSPS) is 27.6. The minimum absolute atomic E-state index is 0.0884. The van der Waals surface area contributed by atoms with Gasteiger partial charge in [-0.1, -0.05) is 20.8 Å². The lowest BCUT2D eigenvalue weighted by Crippen LogP contribution is -2.59. The van der Waals surface area contributed by atoms with Crippen molar-refractivity contribution < 1.29 is 4.79 Å². The zero-order chi connectivity index (χ0) is 12.5. The van der Waals surface area contributed by atoms with Crippen molar-refractivity contribution in [3.05, 3.63) is 0 Å². The molecule has 2 fully saturated rings. The summed E-state index contributed by atoms with van der Waals surface area (Å²) in [7, 11) is 0. The third-order valence-electron chi connectivity index (χ3n) is 4.00. The van der Waals surface area contributed by atoms with Crippen LogP contribution in [0.25, 0.3) is 0 Å². The molecule has 0 bridgehead atoms. The van der Waals surface area contributed by atoms with Crippen LogP contribution in [0, 0.1) is 5.41 Å². The van der Waals surface area contributed by atoms with Gasteiger partial charge >= 0.3 is 0 Å². The summed E-state index contributed by atoms with van der Waals surface area (Å²) in [4.78, 5) is 11.9. The van der Waals surface area contributed by atoms with Gasteiger partial charge in [0.1, 0.15) is 0 Å². The van der Waals surface area contributed by atoms with Gasteiger partial charge in [-0.25, -0.2) is 0 Å². The van der Waals surface area contributed by atoms with Crippen molar-refractivity contribution in [2.45, 2.75) is 70.9 Å². The van der Waals surface area contributed by atoms with Crippen molar-refractivity contribution in [2.24, 2.45) is 5.41 Å². The average Bonchev–Trinajstić information content (AvgIpc) is 2.12. The van der Waals surface area contributed by atoms with Crippen LogP contribution in [0.4, 0.5) is 0 Å². The van der Waals surface area contributed by atoms with Crippen LogP contribution in [0.5, 0.6) is 0 Å². The third-order valence-corrected chi connectivity index (χ3v) is 4.00. The van der Waals surface area contributed by atoms with Crippen molar-refractivity contribution in [3.63, 3.8) is 0 Å². The summed E-state index contributed by atoms with van der Waals surface area (Å²) < 4.78 is 0. The Balaban J connectivity index is 1.80. The number of rotatable bonds is 2. The second-order valence-corrected chi connectivity index (χ2v) is 7.06. The highest BCUT2D eigenvalue weighted by atomic mass is 16.1. The summed E-state index contributed by atoms with van der Waals surface area (Å²) in [5, 5.41) is 6.85. The van der Waals surface area contributed by atoms with E-state index in [0.29, 0.717) is 18.0 Å². The fourth-order valence-corrected chi connectivity index (χ4v) is 3.03. The first-order chi connectivity index (χ1) is 7.89. The second-order valence-electron chi connectivity index (χ2n) is 7.06. The van der Waals surface area contributed by atoms with Gasteiger partial charge in [0.2, 0.25) is 5.91 Å². The van der Waals surface area contributed by atoms with E-state index in [2.05, 4.69) is 31.4 Å². The number of amides is 1. The molecule has 1 aliphatic heterocycles. The molecular formula is C14H26N2O.